The lowest BCUT2D eigenvalue weighted by atomic mass is 10.2. The number of ether oxygens (including phenoxy) is 2. The van der Waals surface area contributed by atoms with Crippen LogP contribution in [0.25, 0.3) is 10.4 Å². The molecule has 3 rings (SSSR count). The molecule has 138 valence electrons. The van der Waals surface area contributed by atoms with E-state index in [1.165, 1.54) is 30.6 Å². The minimum Gasteiger partial charge on any atom is -0.497 e. The van der Waals surface area contributed by atoms with Crippen molar-refractivity contribution in [1.29, 1.82) is 0 Å². The fourth-order valence-electron chi connectivity index (χ4n) is 2.32. The third-order valence-corrected chi connectivity index (χ3v) is 4.74. The number of methoxy groups -OCH3 is 1. The Kier molecular flexibility index (Phi) is 5.83. The van der Waals surface area contributed by atoms with Crippen molar-refractivity contribution in [2.75, 3.05) is 19.0 Å². The summed E-state index contributed by atoms with van der Waals surface area (Å²) < 4.78 is 23.1. The van der Waals surface area contributed by atoms with Crippen LogP contribution in [0.2, 0.25) is 0 Å². The average molecular weight is 385 g/mol. The lowest BCUT2D eigenvalue weighted by Crippen LogP contribution is -2.20. The number of carbonyl (C=O) groups excluding carboxylic acids is 2. The van der Waals surface area contributed by atoms with E-state index in [-0.39, 0.29) is 5.82 Å². The molecule has 0 radical (unpaired) electrons. The maximum absolute atomic E-state index is 13.0. The maximum atomic E-state index is 13.0. The lowest BCUT2D eigenvalue weighted by Gasteiger charge is -2.07. The summed E-state index contributed by atoms with van der Waals surface area (Å²) >= 11 is 1.22. The highest BCUT2D eigenvalue weighted by Crippen LogP contribution is 2.28. The Morgan fingerprint density at radius 2 is 1.85 bits per heavy atom. The molecule has 1 aromatic heterocycles. The summed E-state index contributed by atoms with van der Waals surface area (Å²) in [7, 11) is 1.53. The van der Waals surface area contributed by atoms with Crippen LogP contribution in [-0.4, -0.2) is 25.6 Å². The number of thiophene rings is 1. The molecule has 0 fully saturated rings. The first-order valence-electron chi connectivity index (χ1n) is 8.02. The predicted octanol–water partition coefficient (Wildman–Crippen LogP) is 4.36. The Morgan fingerprint density at radius 1 is 1.07 bits per heavy atom. The first-order valence-corrected chi connectivity index (χ1v) is 8.83. The summed E-state index contributed by atoms with van der Waals surface area (Å²) in [5.74, 6) is -0.755. The van der Waals surface area contributed by atoms with E-state index in [4.69, 9.17) is 9.47 Å². The summed E-state index contributed by atoms with van der Waals surface area (Å²) in [4.78, 5) is 25.2. The van der Waals surface area contributed by atoms with Gasteiger partial charge in [0.2, 0.25) is 0 Å². The molecule has 3 aromatic rings. The molecule has 1 N–H and O–H groups in total. The van der Waals surface area contributed by atoms with Gasteiger partial charge in [-0.1, -0.05) is 18.2 Å². The first-order chi connectivity index (χ1) is 13.0. The van der Waals surface area contributed by atoms with E-state index in [9.17, 15) is 14.0 Å². The van der Waals surface area contributed by atoms with Gasteiger partial charge in [0.25, 0.3) is 5.91 Å². The van der Waals surface area contributed by atoms with Crippen molar-refractivity contribution in [3.8, 4) is 16.2 Å². The van der Waals surface area contributed by atoms with Crippen molar-refractivity contribution in [2.45, 2.75) is 0 Å². The van der Waals surface area contributed by atoms with E-state index in [0.717, 1.165) is 10.4 Å². The van der Waals surface area contributed by atoms with Gasteiger partial charge in [0, 0.05) is 16.6 Å². The second-order valence-corrected chi connectivity index (χ2v) is 6.61. The van der Waals surface area contributed by atoms with Crippen LogP contribution in [0, 0.1) is 5.82 Å². The van der Waals surface area contributed by atoms with Crippen molar-refractivity contribution in [3.05, 3.63) is 71.4 Å². The molecule has 0 aliphatic rings. The van der Waals surface area contributed by atoms with Gasteiger partial charge in [-0.2, -0.15) is 0 Å². The predicted molar refractivity (Wildman–Crippen MR) is 102 cm³/mol. The number of esters is 1. The van der Waals surface area contributed by atoms with Crippen molar-refractivity contribution < 1.29 is 23.5 Å². The highest BCUT2D eigenvalue weighted by Gasteiger charge is 2.14. The zero-order valence-corrected chi connectivity index (χ0v) is 15.2. The minimum absolute atomic E-state index is 0.322. The smallest absolute Gasteiger partial charge is 0.348 e. The Hall–Kier alpha value is -3.19. The quantitative estimate of drug-likeness (QED) is 0.641. The van der Waals surface area contributed by atoms with Crippen molar-refractivity contribution in [3.63, 3.8) is 0 Å². The number of nitrogens with one attached hydrogen (secondary N) is 1. The van der Waals surface area contributed by atoms with Crippen LogP contribution in [0.1, 0.15) is 9.67 Å². The second-order valence-electron chi connectivity index (χ2n) is 5.53. The third-order valence-electron chi connectivity index (χ3n) is 3.62. The molecule has 27 heavy (non-hydrogen) atoms. The number of carbonyl (C=O) groups is 2. The van der Waals surface area contributed by atoms with Crippen LogP contribution >= 0.6 is 11.3 Å². The monoisotopic (exact) mass is 385 g/mol. The van der Waals surface area contributed by atoms with E-state index in [0.29, 0.717) is 16.3 Å². The van der Waals surface area contributed by atoms with E-state index < -0.39 is 18.5 Å². The number of anilines is 1. The molecule has 1 heterocycles. The Morgan fingerprint density at radius 3 is 2.59 bits per heavy atom. The van der Waals surface area contributed by atoms with Crippen molar-refractivity contribution in [2.24, 2.45) is 0 Å². The van der Waals surface area contributed by atoms with Gasteiger partial charge in [-0.25, -0.2) is 9.18 Å². The van der Waals surface area contributed by atoms with Crippen LogP contribution in [-0.2, 0) is 9.53 Å². The summed E-state index contributed by atoms with van der Waals surface area (Å²) in [5, 5.41) is 2.63. The third kappa shape index (κ3) is 4.92. The molecule has 0 aliphatic heterocycles. The Bertz CT molecular complexity index is 953. The summed E-state index contributed by atoms with van der Waals surface area (Å²) in [5.41, 5.74) is 1.35. The minimum atomic E-state index is -0.589. The topological polar surface area (TPSA) is 64.6 Å². The van der Waals surface area contributed by atoms with Crippen LogP contribution in [0.4, 0.5) is 10.1 Å². The molecule has 0 unspecified atom stereocenters. The highest BCUT2D eigenvalue weighted by atomic mass is 32.1. The molecule has 0 aliphatic carbocycles. The van der Waals surface area contributed by atoms with E-state index in [1.54, 1.807) is 48.5 Å². The summed E-state index contributed by atoms with van der Waals surface area (Å²) in [6, 6.07) is 16.2. The van der Waals surface area contributed by atoms with Gasteiger partial charge < -0.3 is 14.8 Å². The molecular weight excluding hydrogens is 369 g/mol. The molecule has 2 aromatic carbocycles. The number of benzene rings is 2. The molecule has 5 nitrogen and oxygen atoms in total. The molecular formula is C20H16FNO4S. The molecule has 0 bridgehead atoms. The zero-order chi connectivity index (χ0) is 19.2. The summed E-state index contributed by atoms with van der Waals surface area (Å²) in [6.45, 7) is -0.403. The SMILES string of the molecule is COc1cccc(NC(=O)COC(=O)c2ccc(-c3ccc(F)cc3)s2)c1. The molecule has 1 amide bonds. The first kappa shape index (κ1) is 18.6. The van der Waals surface area contributed by atoms with Crippen molar-refractivity contribution in [1.82, 2.24) is 0 Å². The van der Waals surface area contributed by atoms with Crippen LogP contribution < -0.4 is 10.1 Å². The lowest BCUT2D eigenvalue weighted by molar-refractivity contribution is -0.119. The molecule has 0 atom stereocenters. The molecule has 7 heteroatoms. The van der Waals surface area contributed by atoms with E-state index in [1.807, 2.05) is 0 Å². The van der Waals surface area contributed by atoms with Gasteiger partial charge in [-0.05, 0) is 42.0 Å². The van der Waals surface area contributed by atoms with E-state index >= 15 is 0 Å². The number of rotatable bonds is 6. The van der Waals surface area contributed by atoms with Gasteiger partial charge in [0.15, 0.2) is 6.61 Å². The highest BCUT2D eigenvalue weighted by molar-refractivity contribution is 7.17. The molecule has 0 saturated carbocycles. The Labute approximate surface area is 159 Å². The fraction of sp³-hybridized carbons (Fsp3) is 0.100. The van der Waals surface area contributed by atoms with Gasteiger partial charge in [-0.3, -0.25) is 4.79 Å². The summed E-state index contributed by atoms with van der Waals surface area (Å²) in [6.07, 6.45) is 0. The standard InChI is InChI=1S/C20H16FNO4S/c1-25-16-4-2-3-15(11-16)22-19(23)12-26-20(24)18-10-9-17(27-18)13-5-7-14(21)8-6-13/h2-11H,12H2,1H3,(H,22,23). The number of amides is 1. The van der Waals surface area contributed by atoms with Gasteiger partial charge in [0.05, 0.1) is 7.11 Å². The number of halogens is 1. The number of hydrogen-bond acceptors (Lipinski definition) is 5. The average Bonchev–Trinajstić information content (AvgIpc) is 3.17. The molecule has 0 saturated heterocycles. The second kappa shape index (κ2) is 8.46. The number of hydrogen-bond donors (Lipinski definition) is 1. The fourth-order valence-corrected chi connectivity index (χ4v) is 3.22. The zero-order valence-electron chi connectivity index (χ0n) is 14.4. The molecule has 0 spiro atoms. The van der Waals surface area contributed by atoms with Gasteiger partial charge in [-0.15, -0.1) is 11.3 Å². The maximum Gasteiger partial charge on any atom is 0.348 e. The van der Waals surface area contributed by atoms with Gasteiger partial charge in [0.1, 0.15) is 16.4 Å². The van der Waals surface area contributed by atoms with Crippen molar-refractivity contribution >= 4 is 28.9 Å². The largest absolute Gasteiger partial charge is 0.497 e. The van der Waals surface area contributed by atoms with Crippen LogP contribution in [0.3, 0.4) is 0 Å². The normalized spacial score (nSPS) is 10.3. The van der Waals surface area contributed by atoms with Crippen LogP contribution in [0.15, 0.2) is 60.7 Å². The van der Waals surface area contributed by atoms with Gasteiger partial charge >= 0.3 is 5.97 Å². The van der Waals surface area contributed by atoms with E-state index in [2.05, 4.69) is 5.32 Å². The van der Waals surface area contributed by atoms with Crippen LogP contribution in [0.5, 0.6) is 5.75 Å². The Balaban J connectivity index is 1.56.